The highest BCUT2D eigenvalue weighted by molar-refractivity contribution is 5.91. The Morgan fingerprint density at radius 3 is 3.00 bits per heavy atom. The SMILES string of the molecule is Cc1cnc(NCCNC(=O)c2ccco2)c(N)c1. The second kappa shape index (κ2) is 5.90. The molecule has 2 aromatic heterocycles. The summed E-state index contributed by atoms with van der Waals surface area (Å²) in [5.41, 5.74) is 7.42. The molecular weight excluding hydrogens is 244 g/mol. The van der Waals surface area contributed by atoms with Crippen molar-refractivity contribution in [1.82, 2.24) is 10.3 Å². The predicted octanol–water partition coefficient (Wildman–Crippen LogP) is 1.41. The molecule has 0 saturated heterocycles. The quantitative estimate of drug-likeness (QED) is 0.707. The summed E-state index contributed by atoms with van der Waals surface area (Å²) in [6.07, 6.45) is 3.20. The Kier molecular flexibility index (Phi) is 4.02. The van der Waals surface area contributed by atoms with E-state index in [1.54, 1.807) is 18.3 Å². The van der Waals surface area contributed by atoms with Crippen molar-refractivity contribution in [3.05, 3.63) is 42.0 Å². The maximum atomic E-state index is 11.6. The molecule has 0 aliphatic carbocycles. The third-order valence-corrected chi connectivity index (χ3v) is 2.50. The Balaban J connectivity index is 1.76. The summed E-state index contributed by atoms with van der Waals surface area (Å²) in [5, 5.41) is 5.78. The minimum Gasteiger partial charge on any atom is -0.459 e. The van der Waals surface area contributed by atoms with Crippen molar-refractivity contribution in [3.8, 4) is 0 Å². The minimum atomic E-state index is -0.239. The number of nitrogens with one attached hydrogen (secondary N) is 2. The van der Waals surface area contributed by atoms with Gasteiger partial charge in [0.2, 0.25) is 0 Å². The number of rotatable bonds is 5. The van der Waals surface area contributed by atoms with E-state index in [0.29, 0.717) is 30.4 Å². The van der Waals surface area contributed by atoms with Gasteiger partial charge in [0, 0.05) is 19.3 Å². The maximum Gasteiger partial charge on any atom is 0.287 e. The summed E-state index contributed by atoms with van der Waals surface area (Å²) in [6, 6.07) is 5.13. The van der Waals surface area contributed by atoms with Crippen molar-refractivity contribution < 1.29 is 9.21 Å². The number of anilines is 2. The van der Waals surface area contributed by atoms with E-state index in [-0.39, 0.29) is 5.91 Å². The van der Waals surface area contributed by atoms with Crippen molar-refractivity contribution in [1.29, 1.82) is 0 Å². The molecule has 0 atom stereocenters. The third-order valence-electron chi connectivity index (χ3n) is 2.50. The molecule has 0 spiro atoms. The number of furan rings is 1. The van der Waals surface area contributed by atoms with Crippen molar-refractivity contribution in [2.75, 3.05) is 24.1 Å². The molecule has 0 aliphatic heterocycles. The van der Waals surface area contributed by atoms with E-state index in [9.17, 15) is 4.79 Å². The van der Waals surface area contributed by atoms with Crippen LogP contribution < -0.4 is 16.4 Å². The second-order valence-corrected chi connectivity index (χ2v) is 4.11. The molecule has 0 fully saturated rings. The van der Waals surface area contributed by atoms with Gasteiger partial charge in [0.25, 0.3) is 5.91 Å². The van der Waals surface area contributed by atoms with Gasteiger partial charge >= 0.3 is 0 Å². The van der Waals surface area contributed by atoms with Crippen LogP contribution in [0, 0.1) is 6.92 Å². The maximum absolute atomic E-state index is 11.6. The topological polar surface area (TPSA) is 93.2 Å². The number of hydrogen-bond donors (Lipinski definition) is 3. The molecule has 19 heavy (non-hydrogen) atoms. The molecule has 2 rings (SSSR count). The number of carbonyl (C=O) groups is 1. The number of amides is 1. The Morgan fingerprint density at radius 1 is 1.47 bits per heavy atom. The molecule has 0 aromatic carbocycles. The first-order chi connectivity index (χ1) is 9.16. The highest BCUT2D eigenvalue weighted by Crippen LogP contribution is 2.14. The van der Waals surface area contributed by atoms with Gasteiger partial charge < -0.3 is 20.8 Å². The van der Waals surface area contributed by atoms with Crippen LogP contribution in [-0.4, -0.2) is 24.0 Å². The number of hydrogen-bond acceptors (Lipinski definition) is 5. The summed E-state index contributed by atoms with van der Waals surface area (Å²) in [5.74, 6) is 0.683. The van der Waals surface area contributed by atoms with E-state index in [1.807, 2.05) is 13.0 Å². The predicted molar refractivity (Wildman–Crippen MR) is 72.9 cm³/mol. The first-order valence-electron chi connectivity index (χ1n) is 5.94. The zero-order valence-electron chi connectivity index (χ0n) is 10.6. The summed E-state index contributed by atoms with van der Waals surface area (Å²) >= 11 is 0. The lowest BCUT2D eigenvalue weighted by Gasteiger charge is -2.09. The molecule has 0 radical (unpaired) electrons. The van der Waals surface area contributed by atoms with Crippen molar-refractivity contribution >= 4 is 17.4 Å². The van der Waals surface area contributed by atoms with Crippen LogP contribution in [0.2, 0.25) is 0 Å². The highest BCUT2D eigenvalue weighted by Gasteiger charge is 2.07. The van der Waals surface area contributed by atoms with Crippen LogP contribution in [0.1, 0.15) is 16.1 Å². The van der Waals surface area contributed by atoms with Crippen molar-refractivity contribution in [3.63, 3.8) is 0 Å². The highest BCUT2D eigenvalue weighted by atomic mass is 16.3. The van der Waals surface area contributed by atoms with Gasteiger partial charge in [-0.15, -0.1) is 0 Å². The number of aromatic nitrogens is 1. The fourth-order valence-electron chi connectivity index (χ4n) is 1.59. The van der Waals surface area contributed by atoms with Gasteiger partial charge in [-0.3, -0.25) is 4.79 Å². The fourth-order valence-corrected chi connectivity index (χ4v) is 1.59. The van der Waals surface area contributed by atoms with Gasteiger partial charge in [-0.25, -0.2) is 4.98 Å². The van der Waals surface area contributed by atoms with Gasteiger partial charge in [0.1, 0.15) is 5.82 Å². The Morgan fingerprint density at radius 2 is 2.32 bits per heavy atom. The Hall–Kier alpha value is -2.50. The largest absolute Gasteiger partial charge is 0.459 e. The van der Waals surface area contributed by atoms with Gasteiger partial charge in [0.15, 0.2) is 5.76 Å². The standard InChI is InChI=1S/C13H16N4O2/c1-9-7-10(14)12(17-8-9)15-4-5-16-13(18)11-3-2-6-19-11/h2-3,6-8H,4-5,14H2,1H3,(H,15,17)(H,16,18). The van der Waals surface area contributed by atoms with Crippen molar-refractivity contribution in [2.24, 2.45) is 0 Å². The summed E-state index contributed by atoms with van der Waals surface area (Å²) in [6.45, 7) is 2.91. The third kappa shape index (κ3) is 3.48. The van der Waals surface area contributed by atoms with Crippen LogP contribution >= 0.6 is 0 Å². The molecule has 0 unspecified atom stereocenters. The van der Waals surface area contributed by atoms with Crippen LogP contribution in [0.3, 0.4) is 0 Å². The smallest absolute Gasteiger partial charge is 0.287 e. The number of pyridine rings is 1. The lowest BCUT2D eigenvalue weighted by atomic mass is 10.3. The lowest BCUT2D eigenvalue weighted by Crippen LogP contribution is -2.28. The average Bonchev–Trinajstić information content (AvgIpc) is 2.90. The van der Waals surface area contributed by atoms with Crippen LogP contribution in [0.25, 0.3) is 0 Å². The Bertz CT molecular complexity index is 552. The summed E-state index contributed by atoms with van der Waals surface area (Å²) in [7, 11) is 0. The van der Waals surface area contributed by atoms with E-state index in [4.69, 9.17) is 10.2 Å². The number of nitrogens with zero attached hydrogens (tertiary/aromatic N) is 1. The molecule has 100 valence electrons. The zero-order chi connectivity index (χ0) is 13.7. The molecule has 0 aliphatic rings. The van der Waals surface area contributed by atoms with Crippen LogP contribution in [0.15, 0.2) is 35.1 Å². The monoisotopic (exact) mass is 260 g/mol. The van der Waals surface area contributed by atoms with Crippen LogP contribution in [0.5, 0.6) is 0 Å². The van der Waals surface area contributed by atoms with Gasteiger partial charge in [-0.05, 0) is 30.7 Å². The molecule has 2 heterocycles. The van der Waals surface area contributed by atoms with E-state index in [2.05, 4.69) is 15.6 Å². The van der Waals surface area contributed by atoms with E-state index >= 15 is 0 Å². The molecular formula is C13H16N4O2. The lowest BCUT2D eigenvalue weighted by molar-refractivity contribution is 0.0927. The molecule has 6 heteroatoms. The minimum absolute atomic E-state index is 0.239. The first-order valence-corrected chi connectivity index (χ1v) is 5.94. The summed E-state index contributed by atoms with van der Waals surface area (Å²) in [4.78, 5) is 15.7. The normalized spacial score (nSPS) is 10.2. The summed E-state index contributed by atoms with van der Waals surface area (Å²) < 4.78 is 4.98. The Labute approximate surface area is 111 Å². The number of aryl methyl sites for hydroxylation is 1. The molecule has 0 saturated carbocycles. The zero-order valence-corrected chi connectivity index (χ0v) is 10.6. The van der Waals surface area contributed by atoms with Crippen LogP contribution in [0.4, 0.5) is 11.5 Å². The van der Waals surface area contributed by atoms with E-state index in [1.165, 1.54) is 6.26 Å². The van der Waals surface area contributed by atoms with Gasteiger partial charge in [0.05, 0.1) is 12.0 Å². The molecule has 1 amide bonds. The number of carbonyl (C=O) groups excluding carboxylic acids is 1. The van der Waals surface area contributed by atoms with Crippen molar-refractivity contribution in [2.45, 2.75) is 6.92 Å². The first kappa shape index (κ1) is 12.9. The van der Waals surface area contributed by atoms with Gasteiger partial charge in [-0.1, -0.05) is 0 Å². The molecule has 4 N–H and O–H groups in total. The van der Waals surface area contributed by atoms with Gasteiger partial charge in [-0.2, -0.15) is 0 Å². The fraction of sp³-hybridized carbons (Fsp3) is 0.231. The van der Waals surface area contributed by atoms with Crippen LogP contribution in [-0.2, 0) is 0 Å². The number of nitrogen functional groups attached to an aromatic ring is 1. The molecule has 6 nitrogen and oxygen atoms in total. The van der Waals surface area contributed by atoms with E-state index in [0.717, 1.165) is 5.56 Å². The molecule has 0 bridgehead atoms. The molecule has 2 aromatic rings. The second-order valence-electron chi connectivity index (χ2n) is 4.11. The number of nitrogens with two attached hydrogens (primary N) is 1. The van der Waals surface area contributed by atoms with E-state index < -0.39 is 0 Å². The average molecular weight is 260 g/mol.